The van der Waals surface area contributed by atoms with Gasteiger partial charge in [0, 0.05) is 0 Å². The fraction of sp³-hybridized carbons (Fsp3) is 0.0588. The molecule has 0 aromatic heterocycles. The Bertz CT molecular complexity index is 697. The second-order valence-electron chi connectivity index (χ2n) is 4.34. The number of para-hydroxylation sites is 1. The number of nitrogens with one attached hydrogen (secondary N) is 1. The van der Waals surface area contributed by atoms with Crippen molar-refractivity contribution in [2.75, 3.05) is 7.11 Å². The quantitative estimate of drug-likeness (QED) is 0.676. The number of hydrogen-bond donors (Lipinski definition) is 1. The topological polar surface area (TPSA) is 50.7 Å². The lowest BCUT2D eigenvalue weighted by Crippen LogP contribution is -2.18. The molecule has 0 heterocycles. The van der Waals surface area contributed by atoms with Gasteiger partial charge in [-0.15, -0.1) is 0 Å². The number of benzene rings is 2. The normalized spacial score (nSPS) is 11.5. The van der Waals surface area contributed by atoms with E-state index < -0.39 is 0 Å². The fourth-order valence-electron chi connectivity index (χ4n) is 1.79. The van der Waals surface area contributed by atoms with Gasteiger partial charge < -0.3 is 4.74 Å². The maximum absolute atomic E-state index is 12.0. The highest BCUT2D eigenvalue weighted by molar-refractivity contribution is 6.41. The zero-order valence-electron chi connectivity index (χ0n) is 12.0. The number of carbonyl (C=O) groups is 1. The van der Waals surface area contributed by atoms with Gasteiger partial charge >= 0.3 is 0 Å². The van der Waals surface area contributed by atoms with Gasteiger partial charge in [-0.05, 0) is 23.8 Å². The maximum Gasteiger partial charge on any atom is 0.275 e. The van der Waals surface area contributed by atoms with Gasteiger partial charge in [0.2, 0.25) is 0 Å². The van der Waals surface area contributed by atoms with E-state index >= 15 is 0 Å². The van der Waals surface area contributed by atoms with E-state index in [0.29, 0.717) is 16.3 Å². The van der Waals surface area contributed by atoms with Crippen molar-refractivity contribution < 1.29 is 9.53 Å². The Labute approximate surface area is 134 Å². The molecule has 4 nitrogen and oxygen atoms in total. The van der Waals surface area contributed by atoms with E-state index in [1.807, 2.05) is 30.3 Å². The first kappa shape index (κ1) is 15.8. The molecule has 1 amide bonds. The van der Waals surface area contributed by atoms with Crippen molar-refractivity contribution in [2.24, 2.45) is 5.10 Å². The van der Waals surface area contributed by atoms with Crippen LogP contribution < -0.4 is 10.2 Å². The van der Waals surface area contributed by atoms with E-state index in [2.05, 4.69) is 10.5 Å². The summed E-state index contributed by atoms with van der Waals surface area (Å²) in [5, 5.41) is 4.25. The Hall–Kier alpha value is -2.59. The zero-order chi connectivity index (χ0) is 15.8. The van der Waals surface area contributed by atoms with Crippen LogP contribution in [0.25, 0.3) is 6.08 Å². The Morgan fingerprint density at radius 3 is 2.55 bits per heavy atom. The number of ether oxygens (including phenoxy) is 1. The van der Waals surface area contributed by atoms with Gasteiger partial charge in [-0.2, -0.15) is 5.10 Å². The molecule has 0 saturated heterocycles. The molecule has 0 aliphatic heterocycles. The number of rotatable bonds is 5. The average molecular weight is 315 g/mol. The van der Waals surface area contributed by atoms with E-state index in [1.165, 1.54) is 13.3 Å². The van der Waals surface area contributed by atoms with Crippen LogP contribution in [0.1, 0.15) is 15.9 Å². The molecule has 112 valence electrons. The number of amides is 1. The van der Waals surface area contributed by atoms with Gasteiger partial charge in [0.1, 0.15) is 5.75 Å². The van der Waals surface area contributed by atoms with Crippen LogP contribution in [0.15, 0.2) is 64.7 Å². The standard InChI is InChI=1S/C17H15ClN2O2/c1-22-16-10-6-5-9-15(16)17(21)20-19-12-14(18)11-13-7-3-2-4-8-13/h2-12H,1H3,(H,20,21)/b14-11-,19-12+. The van der Waals surface area contributed by atoms with Crippen LogP contribution in [-0.2, 0) is 0 Å². The summed E-state index contributed by atoms with van der Waals surface area (Å²) in [6, 6.07) is 16.5. The molecular weight excluding hydrogens is 300 g/mol. The van der Waals surface area contributed by atoms with Crippen molar-refractivity contribution >= 4 is 29.8 Å². The lowest BCUT2D eigenvalue weighted by atomic mass is 10.2. The SMILES string of the molecule is COc1ccccc1C(=O)N/N=C/C(Cl)=C/c1ccccc1. The summed E-state index contributed by atoms with van der Waals surface area (Å²) in [7, 11) is 1.51. The first-order valence-corrected chi connectivity index (χ1v) is 6.97. The summed E-state index contributed by atoms with van der Waals surface area (Å²) < 4.78 is 5.12. The number of hydrazone groups is 1. The predicted octanol–water partition coefficient (Wildman–Crippen LogP) is 3.69. The molecule has 0 aliphatic rings. The second-order valence-corrected chi connectivity index (χ2v) is 4.78. The van der Waals surface area contributed by atoms with Gasteiger partial charge in [-0.3, -0.25) is 4.79 Å². The van der Waals surface area contributed by atoms with Crippen molar-refractivity contribution in [3.8, 4) is 5.75 Å². The van der Waals surface area contributed by atoms with Crippen LogP contribution in [0.5, 0.6) is 5.75 Å². The Morgan fingerprint density at radius 2 is 1.82 bits per heavy atom. The lowest BCUT2D eigenvalue weighted by molar-refractivity contribution is 0.0952. The molecule has 0 radical (unpaired) electrons. The highest BCUT2D eigenvalue weighted by Gasteiger charge is 2.09. The van der Waals surface area contributed by atoms with E-state index in [-0.39, 0.29) is 5.91 Å². The van der Waals surface area contributed by atoms with Crippen LogP contribution in [-0.4, -0.2) is 19.2 Å². The summed E-state index contributed by atoms with van der Waals surface area (Å²) in [6.45, 7) is 0. The van der Waals surface area contributed by atoms with E-state index in [0.717, 1.165) is 5.56 Å². The third-order valence-electron chi connectivity index (χ3n) is 2.81. The summed E-state index contributed by atoms with van der Waals surface area (Å²) >= 11 is 6.04. The molecule has 0 aliphatic carbocycles. The molecule has 2 aromatic carbocycles. The highest BCUT2D eigenvalue weighted by atomic mass is 35.5. The number of nitrogens with zero attached hydrogens (tertiary/aromatic N) is 1. The number of allylic oxidation sites excluding steroid dienone is 1. The van der Waals surface area contributed by atoms with Crippen molar-refractivity contribution in [3.63, 3.8) is 0 Å². The zero-order valence-corrected chi connectivity index (χ0v) is 12.7. The van der Waals surface area contributed by atoms with Crippen molar-refractivity contribution in [2.45, 2.75) is 0 Å². The molecule has 0 spiro atoms. The lowest BCUT2D eigenvalue weighted by Gasteiger charge is -2.05. The summed E-state index contributed by atoms with van der Waals surface area (Å²) in [5.41, 5.74) is 3.78. The van der Waals surface area contributed by atoms with Gasteiger partial charge in [0.05, 0.1) is 23.9 Å². The number of hydrogen-bond acceptors (Lipinski definition) is 3. The Balaban J connectivity index is 2.00. The summed E-state index contributed by atoms with van der Waals surface area (Å²) in [6.07, 6.45) is 3.13. The monoisotopic (exact) mass is 314 g/mol. The fourth-order valence-corrected chi connectivity index (χ4v) is 1.97. The van der Waals surface area contributed by atoms with Gasteiger partial charge in [0.15, 0.2) is 0 Å². The number of methoxy groups -OCH3 is 1. The average Bonchev–Trinajstić information content (AvgIpc) is 2.55. The summed E-state index contributed by atoms with van der Waals surface area (Å²) in [5.74, 6) is 0.124. The first-order valence-electron chi connectivity index (χ1n) is 6.59. The molecule has 0 saturated carbocycles. The Morgan fingerprint density at radius 1 is 1.14 bits per heavy atom. The largest absolute Gasteiger partial charge is 0.496 e. The summed E-state index contributed by atoms with van der Waals surface area (Å²) in [4.78, 5) is 12.0. The minimum Gasteiger partial charge on any atom is -0.496 e. The van der Waals surface area contributed by atoms with Crippen LogP contribution >= 0.6 is 11.6 Å². The third-order valence-corrected chi connectivity index (χ3v) is 3.02. The second kappa shape index (κ2) is 8.00. The van der Waals surface area contributed by atoms with Crippen LogP contribution in [0.3, 0.4) is 0 Å². The third kappa shape index (κ3) is 4.46. The van der Waals surface area contributed by atoms with E-state index in [1.54, 1.807) is 30.3 Å². The molecule has 2 rings (SSSR count). The molecule has 0 unspecified atom stereocenters. The number of carbonyl (C=O) groups excluding carboxylic acids is 1. The molecular formula is C17H15ClN2O2. The molecule has 5 heteroatoms. The van der Waals surface area contributed by atoms with Gasteiger partial charge in [0.25, 0.3) is 5.91 Å². The predicted molar refractivity (Wildman–Crippen MR) is 89.2 cm³/mol. The minimum atomic E-state index is -0.363. The van der Waals surface area contributed by atoms with E-state index in [9.17, 15) is 4.79 Å². The molecule has 0 atom stereocenters. The molecule has 0 bridgehead atoms. The first-order chi connectivity index (χ1) is 10.7. The van der Waals surface area contributed by atoms with Crippen LogP contribution in [0, 0.1) is 0 Å². The minimum absolute atomic E-state index is 0.363. The number of halogens is 1. The van der Waals surface area contributed by atoms with Crippen LogP contribution in [0.2, 0.25) is 0 Å². The molecule has 0 fully saturated rings. The highest BCUT2D eigenvalue weighted by Crippen LogP contribution is 2.16. The van der Waals surface area contributed by atoms with Crippen molar-refractivity contribution in [3.05, 3.63) is 70.8 Å². The molecule has 2 aromatic rings. The van der Waals surface area contributed by atoms with Gasteiger partial charge in [-0.1, -0.05) is 54.1 Å². The van der Waals surface area contributed by atoms with E-state index in [4.69, 9.17) is 16.3 Å². The van der Waals surface area contributed by atoms with Crippen LogP contribution in [0.4, 0.5) is 0 Å². The maximum atomic E-state index is 12.0. The van der Waals surface area contributed by atoms with Crippen molar-refractivity contribution in [1.82, 2.24) is 5.43 Å². The van der Waals surface area contributed by atoms with Crippen molar-refractivity contribution in [1.29, 1.82) is 0 Å². The molecule has 1 N–H and O–H groups in total. The molecule has 22 heavy (non-hydrogen) atoms. The smallest absolute Gasteiger partial charge is 0.275 e. The Kier molecular flexibility index (Phi) is 5.74. The van der Waals surface area contributed by atoms with Gasteiger partial charge in [-0.25, -0.2) is 5.43 Å².